The molecule has 0 saturated carbocycles. The molecule has 0 heterocycles. The van der Waals surface area contributed by atoms with Crippen molar-refractivity contribution in [2.24, 2.45) is 0 Å². The molecule has 0 spiro atoms. The number of rotatable bonds is 3. The van der Waals surface area contributed by atoms with E-state index in [0.29, 0.717) is 6.04 Å². The van der Waals surface area contributed by atoms with Gasteiger partial charge in [-0.1, -0.05) is 19.1 Å². The van der Waals surface area contributed by atoms with Gasteiger partial charge in [0.15, 0.2) is 0 Å². The second-order valence-corrected chi connectivity index (χ2v) is 4.96. The van der Waals surface area contributed by atoms with Crippen LogP contribution in [-0.4, -0.2) is 28.4 Å². The van der Waals surface area contributed by atoms with Crippen molar-refractivity contribution in [3.05, 3.63) is 0 Å². The first-order chi connectivity index (χ1) is 5.30. The molecule has 0 fully saturated rings. The topological polar surface area (TPSA) is 3.24 Å². The number of hydrogen-bond acceptors (Lipinski definition) is 2. The fourth-order valence-corrected chi connectivity index (χ4v) is 1.63. The van der Waals surface area contributed by atoms with Crippen LogP contribution in [0.4, 0.5) is 0 Å². The summed E-state index contributed by atoms with van der Waals surface area (Å²) in [4.78, 5) is 3.44. The predicted molar refractivity (Wildman–Crippen MR) is 59.9 cm³/mol. The maximum Gasteiger partial charge on any atom is 0.0407 e. The summed E-state index contributed by atoms with van der Waals surface area (Å²) in [6.45, 7) is 10.9. The molecular weight excluding hydrogens is 166 g/mol. The van der Waals surface area contributed by atoms with E-state index in [-0.39, 0.29) is 5.54 Å². The number of hydrogen-bond donors (Lipinski definition) is 0. The van der Waals surface area contributed by atoms with Gasteiger partial charge in [0.05, 0.1) is 0 Å². The molecule has 72 valence electrons. The van der Waals surface area contributed by atoms with Crippen molar-refractivity contribution in [3.8, 4) is 0 Å². The summed E-state index contributed by atoms with van der Waals surface area (Å²) in [5.74, 6) is 0. The molecule has 1 unspecified atom stereocenters. The lowest BCUT2D eigenvalue weighted by atomic mass is 10.0. The fraction of sp³-hybridized carbons (Fsp3) is 0.900. The number of thiocarbonyl (C=S) groups is 1. The minimum atomic E-state index is 0.209. The van der Waals surface area contributed by atoms with Gasteiger partial charge >= 0.3 is 0 Å². The molecule has 0 aromatic carbocycles. The Balaban J connectivity index is 4.42. The van der Waals surface area contributed by atoms with E-state index in [1.54, 1.807) is 0 Å². The first-order valence-corrected chi connectivity index (χ1v) is 4.95. The van der Waals surface area contributed by atoms with Gasteiger partial charge in [-0.25, -0.2) is 0 Å². The smallest absolute Gasteiger partial charge is 0.0407 e. The van der Waals surface area contributed by atoms with E-state index in [4.69, 9.17) is 12.2 Å². The van der Waals surface area contributed by atoms with Gasteiger partial charge in [-0.15, -0.1) is 0 Å². The van der Waals surface area contributed by atoms with Crippen LogP contribution in [0.3, 0.4) is 0 Å². The molecule has 0 aliphatic heterocycles. The van der Waals surface area contributed by atoms with Crippen LogP contribution in [0.5, 0.6) is 0 Å². The van der Waals surface area contributed by atoms with Crippen molar-refractivity contribution in [1.29, 1.82) is 0 Å². The van der Waals surface area contributed by atoms with E-state index in [2.05, 4.69) is 39.6 Å². The van der Waals surface area contributed by atoms with Gasteiger partial charge in [-0.05, 0) is 41.2 Å². The first-order valence-electron chi connectivity index (χ1n) is 4.54. The minimum absolute atomic E-state index is 0.209. The van der Waals surface area contributed by atoms with Gasteiger partial charge in [0, 0.05) is 16.4 Å². The van der Waals surface area contributed by atoms with E-state index >= 15 is 0 Å². The van der Waals surface area contributed by atoms with Gasteiger partial charge in [0.25, 0.3) is 0 Å². The zero-order valence-corrected chi connectivity index (χ0v) is 9.96. The SMILES string of the molecule is CCC(C(C)=S)N(C)C(C)(C)C. The lowest BCUT2D eigenvalue weighted by molar-refractivity contribution is 0.149. The first kappa shape index (κ1) is 12.0. The third-order valence-corrected chi connectivity index (χ3v) is 2.65. The lowest BCUT2D eigenvalue weighted by Gasteiger charge is -2.38. The van der Waals surface area contributed by atoms with Gasteiger partial charge in [-0.3, -0.25) is 4.90 Å². The quantitative estimate of drug-likeness (QED) is 0.625. The van der Waals surface area contributed by atoms with E-state index in [1.165, 1.54) is 0 Å². The Hall–Kier alpha value is 0.0500. The summed E-state index contributed by atoms with van der Waals surface area (Å²) < 4.78 is 0. The van der Waals surface area contributed by atoms with Crippen molar-refractivity contribution in [2.45, 2.75) is 52.6 Å². The standard InChI is InChI=1S/C10H21NS/c1-7-9(8(2)12)11(6)10(3,4)5/h9H,7H2,1-6H3. The Morgan fingerprint density at radius 2 is 1.83 bits per heavy atom. The minimum Gasteiger partial charge on any atom is -0.294 e. The summed E-state index contributed by atoms with van der Waals surface area (Å²) in [7, 11) is 2.14. The highest BCUT2D eigenvalue weighted by atomic mass is 32.1. The molecule has 2 heteroatoms. The third-order valence-electron chi connectivity index (χ3n) is 2.38. The average molecular weight is 187 g/mol. The Labute approximate surface area is 82.1 Å². The Morgan fingerprint density at radius 1 is 1.42 bits per heavy atom. The molecule has 0 aliphatic rings. The average Bonchev–Trinajstić information content (AvgIpc) is 1.86. The third kappa shape index (κ3) is 3.20. The molecule has 0 aliphatic carbocycles. The molecule has 0 bridgehead atoms. The lowest BCUT2D eigenvalue weighted by Crippen LogP contribution is -2.47. The van der Waals surface area contributed by atoms with Crippen LogP contribution in [0.15, 0.2) is 0 Å². The molecule has 0 aromatic rings. The monoisotopic (exact) mass is 187 g/mol. The van der Waals surface area contributed by atoms with E-state index in [1.807, 2.05) is 6.92 Å². The highest BCUT2D eigenvalue weighted by Gasteiger charge is 2.24. The summed E-state index contributed by atoms with van der Waals surface area (Å²) in [6, 6.07) is 0.444. The predicted octanol–water partition coefficient (Wildman–Crippen LogP) is 2.89. The van der Waals surface area contributed by atoms with Crippen LogP contribution in [-0.2, 0) is 0 Å². The van der Waals surface area contributed by atoms with E-state index in [0.717, 1.165) is 11.3 Å². The molecule has 1 atom stereocenters. The Kier molecular flexibility index (Phi) is 4.35. The van der Waals surface area contributed by atoms with Crippen molar-refractivity contribution in [3.63, 3.8) is 0 Å². The van der Waals surface area contributed by atoms with E-state index in [9.17, 15) is 0 Å². The molecule has 0 amide bonds. The second-order valence-electron chi connectivity index (χ2n) is 4.32. The second kappa shape index (κ2) is 4.33. The van der Waals surface area contributed by atoms with Crippen LogP contribution in [0.1, 0.15) is 41.0 Å². The zero-order valence-electron chi connectivity index (χ0n) is 9.14. The van der Waals surface area contributed by atoms with Crippen molar-refractivity contribution >= 4 is 17.1 Å². The van der Waals surface area contributed by atoms with Crippen LogP contribution in [0.25, 0.3) is 0 Å². The maximum absolute atomic E-state index is 5.22. The van der Waals surface area contributed by atoms with E-state index < -0.39 is 0 Å². The van der Waals surface area contributed by atoms with Crippen LogP contribution in [0, 0.1) is 0 Å². The number of nitrogens with zero attached hydrogens (tertiary/aromatic N) is 1. The van der Waals surface area contributed by atoms with Crippen molar-refractivity contribution in [1.82, 2.24) is 4.90 Å². The summed E-state index contributed by atoms with van der Waals surface area (Å²) in [6.07, 6.45) is 1.10. The Bertz CT molecular complexity index is 158. The molecule has 0 aromatic heterocycles. The fourth-order valence-electron chi connectivity index (χ4n) is 1.30. The largest absolute Gasteiger partial charge is 0.294 e. The molecule has 0 N–H and O–H groups in total. The molecule has 1 nitrogen and oxygen atoms in total. The summed E-state index contributed by atoms with van der Waals surface area (Å²) in [5, 5.41) is 0. The van der Waals surface area contributed by atoms with Gasteiger partial charge < -0.3 is 0 Å². The molecule has 0 rings (SSSR count). The highest BCUT2D eigenvalue weighted by Crippen LogP contribution is 2.17. The van der Waals surface area contributed by atoms with Crippen molar-refractivity contribution < 1.29 is 0 Å². The van der Waals surface area contributed by atoms with Gasteiger partial charge in [0.1, 0.15) is 0 Å². The van der Waals surface area contributed by atoms with Crippen LogP contribution in [0.2, 0.25) is 0 Å². The van der Waals surface area contributed by atoms with Gasteiger partial charge in [0.2, 0.25) is 0 Å². The maximum atomic E-state index is 5.22. The van der Waals surface area contributed by atoms with Crippen LogP contribution >= 0.6 is 12.2 Å². The van der Waals surface area contributed by atoms with Crippen LogP contribution < -0.4 is 0 Å². The molecular formula is C10H21NS. The molecule has 0 saturated heterocycles. The summed E-state index contributed by atoms with van der Waals surface area (Å²) >= 11 is 5.22. The zero-order chi connectivity index (χ0) is 9.94. The highest BCUT2D eigenvalue weighted by molar-refractivity contribution is 7.80. The Morgan fingerprint density at radius 3 is 1.92 bits per heavy atom. The normalized spacial score (nSPS) is 14.9. The van der Waals surface area contributed by atoms with Crippen molar-refractivity contribution in [2.75, 3.05) is 7.05 Å². The van der Waals surface area contributed by atoms with Gasteiger partial charge in [-0.2, -0.15) is 0 Å². The molecule has 0 radical (unpaired) electrons. The summed E-state index contributed by atoms with van der Waals surface area (Å²) in [5.41, 5.74) is 0.209. The molecule has 12 heavy (non-hydrogen) atoms.